The first-order valence-corrected chi connectivity index (χ1v) is 5.91. The van der Waals surface area contributed by atoms with E-state index in [1.165, 1.54) is 4.57 Å². The molecule has 1 aliphatic heterocycles. The molecule has 0 spiro atoms. The number of aliphatic hydroxyl groups excluding tert-OH is 1. The third-order valence-electron chi connectivity index (χ3n) is 3.59. The summed E-state index contributed by atoms with van der Waals surface area (Å²) in [5.74, 6) is -0.356. The second-order valence-electron chi connectivity index (χ2n) is 5.06. The first kappa shape index (κ1) is 11.5. The Morgan fingerprint density at radius 1 is 1.44 bits per heavy atom. The molecule has 0 atom stereocenters. The highest BCUT2D eigenvalue weighted by Crippen LogP contribution is 2.31. The molecule has 96 valence electrons. The molecule has 18 heavy (non-hydrogen) atoms. The van der Waals surface area contributed by atoms with Crippen molar-refractivity contribution < 1.29 is 14.3 Å². The Kier molecular flexibility index (Phi) is 2.53. The minimum Gasteiger partial charge on any atom is -0.408 e. The van der Waals surface area contributed by atoms with Crippen LogP contribution in [0.3, 0.4) is 0 Å². The van der Waals surface area contributed by atoms with Crippen LogP contribution in [0.2, 0.25) is 0 Å². The van der Waals surface area contributed by atoms with Crippen molar-refractivity contribution >= 4 is 11.1 Å². The van der Waals surface area contributed by atoms with Crippen LogP contribution in [-0.4, -0.2) is 29.5 Å². The van der Waals surface area contributed by atoms with Crippen molar-refractivity contribution in [3.63, 3.8) is 0 Å². The van der Waals surface area contributed by atoms with Gasteiger partial charge in [-0.1, -0.05) is 6.07 Å². The predicted octanol–water partition coefficient (Wildman–Crippen LogP) is 0.683. The van der Waals surface area contributed by atoms with Crippen LogP contribution in [-0.2, 0) is 18.2 Å². The van der Waals surface area contributed by atoms with Gasteiger partial charge in [0.25, 0.3) is 0 Å². The van der Waals surface area contributed by atoms with Crippen molar-refractivity contribution in [2.75, 3.05) is 19.8 Å². The molecule has 0 saturated carbocycles. The summed E-state index contributed by atoms with van der Waals surface area (Å²) in [6.45, 7) is 1.30. The van der Waals surface area contributed by atoms with Gasteiger partial charge < -0.3 is 14.3 Å². The van der Waals surface area contributed by atoms with Gasteiger partial charge >= 0.3 is 5.76 Å². The van der Waals surface area contributed by atoms with Gasteiger partial charge in [0.2, 0.25) is 0 Å². The molecular weight excluding hydrogens is 234 g/mol. The van der Waals surface area contributed by atoms with Gasteiger partial charge in [0.05, 0.1) is 25.3 Å². The predicted molar refractivity (Wildman–Crippen MR) is 65.5 cm³/mol. The molecule has 5 nitrogen and oxygen atoms in total. The number of aliphatic hydroxyl groups is 1. The maximum atomic E-state index is 11.4. The average Bonchev–Trinajstić information content (AvgIpc) is 2.60. The van der Waals surface area contributed by atoms with Crippen molar-refractivity contribution in [3.8, 4) is 0 Å². The second kappa shape index (κ2) is 3.96. The lowest BCUT2D eigenvalue weighted by Gasteiger charge is -2.40. The largest absolute Gasteiger partial charge is 0.419 e. The van der Waals surface area contributed by atoms with Gasteiger partial charge in [0, 0.05) is 12.5 Å². The molecule has 1 saturated heterocycles. The van der Waals surface area contributed by atoms with Crippen molar-refractivity contribution in [3.05, 3.63) is 34.3 Å². The number of hydrogen-bond donors (Lipinski definition) is 1. The number of aryl methyl sites for hydroxylation is 1. The third kappa shape index (κ3) is 1.67. The lowest BCUT2D eigenvalue weighted by atomic mass is 9.80. The Hall–Kier alpha value is -1.59. The highest BCUT2D eigenvalue weighted by molar-refractivity contribution is 5.73. The zero-order valence-corrected chi connectivity index (χ0v) is 10.2. The van der Waals surface area contributed by atoms with Crippen LogP contribution >= 0.6 is 0 Å². The molecule has 0 amide bonds. The van der Waals surface area contributed by atoms with E-state index in [9.17, 15) is 9.90 Å². The minimum atomic E-state index is -0.356. The Bertz CT molecular complexity index is 630. The van der Waals surface area contributed by atoms with E-state index in [-0.39, 0.29) is 17.8 Å². The van der Waals surface area contributed by atoms with Crippen LogP contribution in [0.5, 0.6) is 0 Å². The molecule has 3 rings (SSSR count). The second-order valence-corrected chi connectivity index (χ2v) is 5.06. The first-order chi connectivity index (χ1) is 8.63. The van der Waals surface area contributed by atoms with Crippen LogP contribution in [0, 0.1) is 5.41 Å². The van der Waals surface area contributed by atoms with E-state index in [0.717, 1.165) is 17.5 Å². The van der Waals surface area contributed by atoms with E-state index in [1.807, 2.05) is 12.1 Å². The normalized spacial score (nSPS) is 17.9. The van der Waals surface area contributed by atoms with Gasteiger partial charge in [-0.05, 0) is 24.1 Å². The average molecular weight is 249 g/mol. The fraction of sp³-hybridized carbons (Fsp3) is 0.462. The van der Waals surface area contributed by atoms with Gasteiger partial charge in [-0.2, -0.15) is 0 Å². The van der Waals surface area contributed by atoms with Crippen molar-refractivity contribution in [2.45, 2.75) is 6.42 Å². The number of benzene rings is 1. The molecule has 1 fully saturated rings. The zero-order valence-electron chi connectivity index (χ0n) is 10.2. The molecule has 2 aromatic rings. The topological polar surface area (TPSA) is 64.6 Å². The lowest BCUT2D eigenvalue weighted by molar-refractivity contribution is -0.136. The summed E-state index contributed by atoms with van der Waals surface area (Å²) in [5, 5.41) is 9.42. The molecule has 5 heteroatoms. The van der Waals surface area contributed by atoms with Crippen molar-refractivity contribution in [1.82, 2.24) is 4.57 Å². The van der Waals surface area contributed by atoms with E-state index in [0.29, 0.717) is 18.8 Å². The Balaban J connectivity index is 1.98. The zero-order chi connectivity index (χ0) is 12.8. The smallest absolute Gasteiger partial charge is 0.408 e. The van der Waals surface area contributed by atoms with Gasteiger partial charge in [0.1, 0.15) is 0 Å². The highest BCUT2D eigenvalue weighted by Gasteiger charge is 2.38. The van der Waals surface area contributed by atoms with Gasteiger partial charge in [0.15, 0.2) is 5.58 Å². The fourth-order valence-electron chi connectivity index (χ4n) is 2.36. The van der Waals surface area contributed by atoms with Crippen LogP contribution < -0.4 is 5.76 Å². The lowest BCUT2D eigenvalue weighted by Crippen LogP contribution is -2.47. The first-order valence-electron chi connectivity index (χ1n) is 5.91. The summed E-state index contributed by atoms with van der Waals surface area (Å²) in [4.78, 5) is 11.4. The summed E-state index contributed by atoms with van der Waals surface area (Å²) >= 11 is 0. The molecule has 1 N–H and O–H groups in total. The van der Waals surface area contributed by atoms with Crippen molar-refractivity contribution in [2.24, 2.45) is 12.5 Å². The van der Waals surface area contributed by atoms with Crippen molar-refractivity contribution in [1.29, 1.82) is 0 Å². The maximum absolute atomic E-state index is 11.4. The van der Waals surface area contributed by atoms with Crippen LogP contribution in [0.4, 0.5) is 0 Å². The molecule has 0 aliphatic carbocycles. The molecule has 0 bridgehead atoms. The molecule has 1 aromatic heterocycles. The molecule has 0 unspecified atom stereocenters. The number of oxazole rings is 1. The summed E-state index contributed by atoms with van der Waals surface area (Å²) in [6.07, 6.45) is 0.749. The quantitative estimate of drug-likeness (QED) is 0.869. The molecule has 0 radical (unpaired) electrons. The van der Waals surface area contributed by atoms with Crippen LogP contribution in [0.15, 0.2) is 27.4 Å². The summed E-state index contributed by atoms with van der Waals surface area (Å²) in [6, 6.07) is 5.67. The maximum Gasteiger partial charge on any atom is 0.419 e. The molecule has 2 heterocycles. The highest BCUT2D eigenvalue weighted by atomic mass is 16.5. The third-order valence-corrected chi connectivity index (χ3v) is 3.59. The monoisotopic (exact) mass is 249 g/mol. The standard InChI is InChI=1S/C13H15NO4/c1-14-10-4-9(2-3-11(10)18-12(14)16)5-13(6-15)7-17-8-13/h2-4,15H,5-8H2,1H3. The number of aromatic nitrogens is 1. The Morgan fingerprint density at radius 3 is 2.83 bits per heavy atom. The summed E-state index contributed by atoms with van der Waals surface area (Å²) in [7, 11) is 1.69. The van der Waals surface area contributed by atoms with Gasteiger partial charge in [-0.3, -0.25) is 4.57 Å². The minimum absolute atomic E-state index is 0.120. The number of nitrogens with zero attached hydrogens (tertiary/aromatic N) is 1. The molecule has 1 aromatic carbocycles. The molecule has 1 aliphatic rings. The van der Waals surface area contributed by atoms with E-state index < -0.39 is 0 Å². The number of ether oxygens (including phenoxy) is 1. The number of rotatable bonds is 3. The fourth-order valence-corrected chi connectivity index (χ4v) is 2.36. The van der Waals surface area contributed by atoms with Crippen LogP contribution in [0.25, 0.3) is 11.1 Å². The van der Waals surface area contributed by atoms with E-state index in [1.54, 1.807) is 13.1 Å². The van der Waals surface area contributed by atoms with Gasteiger partial charge in [-0.15, -0.1) is 0 Å². The summed E-state index contributed by atoms with van der Waals surface area (Å²) < 4.78 is 11.8. The van der Waals surface area contributed by atoms with Crippen LogP contribution in [0.1, 0.15) is 5.56 Å². The molecular formula is C13H15NO4. The number of fused-ring (bicyclic) bond motifs is 1. The summed E-state index contributed by atoms with van der Waals surface area (Å²) in [5.41, 5.74) is 2.30. The van der Waals surface area contributed by atoms with Gasteiger partial charge in [-0.25, -0.2) is 4.79 Å². The van der Waals surface area contributed by atoms with E-state index in [2.05, 4.69) is 0 Å². The Labute approximate surface area is 104 Å². The number of hydrogen-bond acceptors (Lipinski definition) is 4. The van der Waals surface area contributed by atoms with E-state index in [4.69, 9.17) is 9.15 Å². The Morgan fingerprint density at radius 2 is 2.22 bits per heavy atom. The van der Waals surface area contributed by atoms with E-state index >= 15 is 0 Å². The SMILES string of the molecule is Cn1c(=O)oc2ccc(CC3(CO)COC3)cc21.